The Morgan fingerprint density at radius 1 is 0.857 bits per heavy atom. The summed E-state index contributed by atoms with van der Waals surface area (Å²) in [5, 5.41) is 3.33. The molecule has 0 amide bonds. The minimum Gasteiger partial charge on any atom is -0.319 e. The van der Waals surface area contributed by atoms with E-state index in [1.54, 1.807) is 0 Å². The first-order valence-electron chi connectivity index (χ1n) is 7.68. The second-order valence-electron chi connectivity index (χ2n) is 5.63. The number of aryl methyl sites for hydroxylation is 1. The Kier molecular flexibility index (Phi) is 6.47. The third kappa shape index (κ3) is 5.29. The molecule has 1 N–H and O–H groups in total. The van der Waals surface area contributed by atoms with E-state index in [9.17, 15) is 0 Å². The lowest BCUT2D eigenvalue weighted by Gasteiger charge is -2.17. The smallest absolute Gasteiger partial charge is 0.0175 e. The van der Waals surface area contributed by atoms with Crippen molar-refractivity contribution in [1.29, 1.82) is 0 Å². The Balaban J connectivity index is 2.02. The van der Waals surface area contributed by atoms with Crippen molar-refractivity contribution >= 4 is 15.9 Å². The predicted octanol–water partition coefficient (Wildman–Crippen LogP) is 4.63. The molecular weight excluding hydrogens is 322 g/mol. The lowest BCUT2D eigenvalue weighted by molar-refractivity contribution is 0.493. The molecule has 112 valence electrons. The van der Waals surface area contributed by atoms with Crippen molar-refractivity contribution in [2.24, 2.45) is 5.92 Å². The van der Waals surface area contributed by atoms with Gasteiger partial charge in [-0.1, -0.05) is 59.3 Å². The summed E-state index contributed by atoms with van der Waals surface area (Å²) in [7, 11) is 2.04. The molecule has 0 aliphatic rings. The van der Waals surface area contributed by atoms with Crippen LogP contribution in [0, 0.1) is 5.92 Å². The molecule has 1 nitrogen and oxygen atoms in total. The molecule has 2 aromatic rings. The van der Waals surface area contributed by atoms with E-state index in [1.165, 1.54) is 16.7 Å². The van der Waals surface area contributed by atoms with Crippen molar-refractivity contribution in [3.8, 4) is 0 Å². The van der Waals surface area contributed by atoms with Crippen LogP contribution in [0.2, 0.25) is 0 Å². The van der Waals surface area contributed by atoms with Gasteiger partial charge in [-0.05, 0) is 67.6 Å². The normalized spacial score (nSPS) is 12.3. The van der Waals surface area contributed by atoms with Crippen LogP contribution in [0.25, 0.3) is 0 Å². The lowest BCUT2D eigenvalue weighted by Crippen LogP contribution is -2.22. The molecule has 0 fully saturated rings. The fourth-order valence-electron chi connectivity index (χ4n) is 2.70. The third-order valence-corrected chi connectivity index (χ3v) is 4.41. The van der Waals surface area contributed by atoms with Crippen molar-refractivity contribution in [1.82, 2.24) is 5.32 Å². The predicted molar refractivity (Wildman–Crippen MR) is 94.8 cm³/mol. The molecule has 2 heteroatoms. The van der Waals surface area contributed by atoms with Crippen molar-refractivity contribution in [3.63, 3.8) is 0 Å². The maximum Gasteiger partial charge on any atom is 0.0175 e. The van der Waals surface area contributed by atoms with Crippen LogP contribution in [0.5, 0.6) is 0 Å². The van der Waals surface area contributed by atoms with Gasteiger partial charge in [0, 0.05) is 4.47 Å². The van der Waals surface area contributed by atoms with E-state index in [0.29, 0.717) is 5.92 Å². The van der Waals surface area contributed by atoms with Gasteiger partial charge in [0.25, 0.3) is 0 Å². The van der Waals surface area contributed by atoms with Crippen molar-refractivity contribution < 1.29 is 0 Å². The van der Waals surface area contributed by atoms with Crippen LogP contribution < -0.4 is 5.32 Å². The van der Waals surface area contributed by atoms with E-state index in [-0.39, 0.29) is 0 Å². The van der Waals surface area contributed by atoms with Gasteiger partial charge in [-0.25, -0.2) is 0 Å². The molecule has 21 heavy (non-hydrogen) atoms. The maximum atomic E-state index is 3.50. The second kappa shape index (κ2) is 8.35. The summed E-state index contributed by atoms with van der Waals surface area (Å²) in [5.74, 6) is 0.628. The first kappa shape index (κ1) is 16.3. The summed E-state index contributed by atoms with van der Waals surface area (Å²) in [6.45, 7) is 3.25. The van der Waals surface area contributed by atoms with E-state index in [1.807, 2.05) is 7.05 Å². The van der Waals surface area contributed by atoms with Crippen LogP contribution in [0.4, 0.5) is 0 Å². The SMILES string of the molecule is CCc1ccc(CC(CNC)Cc2ccc(Br)cc2)cc1. The van der Waals surface area contributed by atoms with Gasteiger partial charge in [0.05, 0.1) is 0 Å². The molecule has 2 rings (SSSR count). The zero-order valence-electron chi connectivity index (χ0n) is 12.9. The highest BCUT2D eigenvalue weighted by Crippen LogP contribution is 2.17. The fourth-order valence-corrected chi connectivity index (χ4v) is 2.97. The molecule has 0 radical (unpaired) electrons. The zero-order chi connectivity index (χ0) is 15.1. The second-order valence-corrected chi connectivity index (χ2v) is 6.54. The van der Waals surface area contributed by atoms with Gasteiger partial charge in [-0.2, -0.15) is 0 Å². The van der Waals surface area contributed by atoms with Gasteiger partial charge in [-0.3, -0.25) is 0 Å². The number of rotatable bonds is 7. The molecule has 0 aliphatic carbocycles. The average Bonchev–Trinajstić information content (AvgIpc) is 2.50. The first-order valence-corrected chi connectivity index (χ1v) is 8.47. The minimum atomic E-state index is 0.628. The van der Waals surface area contributed by atoms with Gasteiger partial charge >= 0.3 is 0 Å². The Bertz CT molecular complexity index is 530. The fraction of sp³-hybridized carbons (Fsp3) is 0.368. The van der Waals surface area contributed by atoms with Crippen LogP contribution in [0.1, 0.15) is 23.6 Å². The molecule has 0 aromatic heterocycles. The van der Waals surface area contributed by atoms with Crippen LogP contribution >= 0.6 is 15.9 Å². The molecule has 0 aliphatic heterocycles. The summed E-state index contributed by atoms with van der Waals surface area (Å²) in [6, 6.07) is 17.8. The number of hydrogen-bond acceptors (Lipinski definition) is 1. The molecule has 1 atom stereocenters. The molecule has 1 unspecified atom stereocenters. The molecular formula is C19H24BrN. The molecule has 0 bridgehead atoms. The van der Waals surface area contributed by atoms with E-state index in [0.717, 1.165) is 30.3 Å². The highest BCUT2D eigenvalue weighted by atomic mass is 79.9. The summed E-state index contributed by atoms with van der Waals surface area (Å²) in [6.07, 6.45) is 3.35. The third-order valence-electron chi connectivity index (χ3n) is 3.89. The summed E-state index contributed by atoms with van der Waals surface area (Å²) in [4.78, 5) is 0. The Labute approximate surface area is 136 Å². The maximum absolute atomic E-state index is 3.50. The Morgan fingerprint density at radius 2 is 1.33 bits per heavy atom. The number of benzene rings is 2. The van der Waals surface area contributed by atoms with Crippen LogP contribution in [-0.2, 0) is 19.3 Å². The summed E-state index contributed by atoms with van der Waals surface area (Å²) in [5.41, 5.74) is 4.25. The van der Waals surface area contributed by atoms with Crippen LogP contribution in [-0.4, -0.2) is 13.6 Å². The van der Waals surface area contributed by atoms with Gasteiger partial charge in [-0.15, -0.1) is 0 Å². The summed E-state index contributed by atoms with van der Waals surface area (Å²) >= 11 is 3.50. The Morgan fingerprint density at radius 3 is 1.81 bits per heavy atom. The number of hydrogen-bond donors (Lipinski definition) is 1. The molecule has 0 spiro atoms. The Hall–Kier alpha value is -1.12. The van der Waals surface area contributed by atoms with Gasteiger partial charge in [0.15, 0.2) is 0 Å². The van der Waals surface area contributed by atoms with Crippen molar-refractivity contribution in [2.45, 2.75) is 26.2 Å². The standard InChI is InChI=1S/C19H24BrN/c1-3-15-4-6-16(7-5-15)12-18(14-21-2)13-17-8-10-19(20)11-9-17/h4-11,18,21H,3,12-14H2,1-2H3. The molecule has 0 saturated carbocycles. The zero-order valence-corrected chi connectivity index (χ0v) is 14.5. The molecule has 0 saturated heterocycles. The number of halogens is 1. The average molecular weight is 346 g/mol. The van der Waals surface area contributed by atoms with Crippen molar-refractivity contribution in [2.75, 3.05) is 13.6 Å². The first-order chi connectivity index (χ1) is 10.2. The van der Waals surface area contributed by atoms with Crippen LogP contribution in [0.15, 0.2) is 53.0 Å². The van der Waals surface area contributed by atoms with Gasteiger partial charge in [0.2, 0.25) is 0 Å². The van der Waals surface area contributed by atoms with Crippen LogP contribution in [0.3, 0.4) is 0 Å². The highest BCUT2D eigenvalue weighted by molar-refractivity contribution is 9.10. The van der Waals surface area contributed by atoms with E-state index in [2.05, 4.69) is 76.7 Å². The van der Waals surface area contributed by atoms with Crippen molar-refractivity contribution in [3.05, 3.63) is 69.7 Å². The molecule has 2 aromatic carbocycles. The van der Waals surface area contributed by atoms with Gasteiger partial charge in [0.1, 0.15) is 0 Å². The summed E-state index contributed by atoms with van der Waals surface area (Å²) < 4.78 is 1.14. The van der Waals surface area contributed by atoms with E-state index in [4.69, 9.17) is 0 Å². The van der Waals surface area contributed by atoms with E-state index < -0.39 is 0 Å². The molecule has 0 heterocycles. The quantitative estimate of drug-likeness (QED) is 0.771. The monoisotopic (exact) mass is 345 g/mol. The lowest BCUT2D eigenvalue weighted by atomic mass is 9.92. The van der Waals surface area contributed by atoms with Gasteiger partial charge < -0.3 is 5.32 Å². The highest BCUT2D eigenvalue weighted by Gasteiger charge is 2.10. The number of nitrogens with one attached hydrogen (secondary N) is 1. The minimum absolute atomic E-state index is 0.628. The topological polar surface area (TPSA) is 12.0 Å². The van der Waals surface area contributed by atoms with E-state index >= 15 is 0 Å². The largest absolute Gasteiger partial charge is 0.319 e.